The molecule has 0 atom stereocenters. The number of rotatable bonds is 10. The van der Waals surface area contributed by atoms with Gasteiger partial charge in [0.05, 0.1) is 27.8 Å². The summed E-state index contributed by atoms with van der Waals surface area (Å²) in [6, 6.07) is 16.4. The lowest BCUT2D eigenvalue weighted by Gasteiger charge is -2.15. The van der Waals surface area contributed by atoms with Gasteiger partial charge in [-0.25, -0.2) is 9.48 Å². The standard InChI is InChI=1S/C32H33Cl2N7O3/c1-2-41-31(43)28(37-32(44)38-30-25(33)19-35-20-26(30)34)18-27(39-41)24-10-6-9-23(17-24)22-8-5-7-21(15-22)16-29(42)36-11-14-40-12-3-4-13-40/h5-10,15,17-20H,2-4,11-14,16H2,1H3,(H,36,42)(H2,35,37,38,44). The van der Waals surface area contributed by atoms with E-state index >= 15 is 0 Å². The molecule has 2 aromatic carbocycles. The Kier molecular flexibility index (Phi) is 10.3. The van der Waals surface area contributed by atoms with Gasteiger partial charge in [0.15, 0.2) is 0 Å². The summed E-state index contributed by atoms with van der Waals surface area (Å²) in [5, 5.41) is 13.0. The van der Waals surface area contributed by atoms with Crippen LogP contribution in [0.3, 0.4) is 0 Å². The van der Waals surface area contributed by atoms with Crippen LogP contribution in [-0.2, 0) is 17.8 Å². The fourth-order valence-electron chi connectivity index (χ4n) is 5.11. The minimum atomic E-state index is -0.692. The lowest BCUT2D eigenvalue weighted by molar-refractivity contribution is -0.120. The summed E-state index contributed by atoms with van der Waals surface area (Å²) in [6.07, 6.45) is 5.46. The van der Waals surface area contributed by atoms with E-state index < -0.39 is 11.6 Å². The molecule has 2 aromatic heterocycles. The van der Waals surface area contributed by atoms with Gasteiger partial charge in [0.25, 0.3) is 5.56 Å². The average molecular weight is 635 g/mol. The lowest BCUT2D eigenvalue weighted by atomic mass is 9.99. The Morgan fingerprint density at radius 3 is 2.32 bits per heavy atom. The fourth-order valence-corrected chi connectivity index (χ4v) is 5.57. The van der Waals surface area contributed by atoms with Gasteiger partial charge in [-0.1, -0.05) is 65.7 Å². The number of hydrogen-bond donors (Lipinski definition) is 3. The Balaban J connectivity index is 1.32. The average Bonchev–Trinajstić information content (AvgIpc) is 3.54. The third-order valence-corrected chi connectivity index (χ3v) is 7.92. The van der Waals surface area contributed by atoms with E-state index in [1.165, 1.54) is 36.0 Å². The van der Waals surface area contributed by atoms with Crippen molar-refractivity contribution in [2.24, 2.45) is 0 Å². The third-order valence-electron chi connectivity index (χ3n) is 7.35. The highest BCUT2D eigenvalue weighted by atomic mass is 35.5. The zero-order chi connectivity index (χ0) is 31.1. The summed E-state index contributed by atoms with van der Waals surface area (Å²) < 4.78 is 1.28. The Bertz CT molecular complexity index is 1700. The molecular formula is C32H33Cl2N7O3. The maximum Gasteiger partial charge on any atom is 0.323 e. The number of halogens is 2. The van der Waals surface area contributed by atoms with Crippen LogP contribution in [0.25, 0.3) is 22.4 Å². The smallest absolute Gasteiger partial charge is 0.323 e. The molecule has 0 aliphatic carbocycles. The van der Waals surface area contributed by atoms with Crippen LogP contribution in [-0.4, -0.2) is 57.8 Å². The Labute approximate surface area is 265 Å². The molecule has 1 saturated heterocycles. The number of nitrogens with zero attached hydrogens (tertiary/aromatic N) is 4. The molecule has 0 spiro atoms. The van der Waals surface area contributed by atoms with E-state index in [0.717, 1.165) is 41.9 Å². The molecule has 1 aliphatic heterocycles. The second kappa shape index (κ2) is 14.5. The van der Waals surface area contributed by atoms with E-state index in [-0.39, 0.29) is 27.3 Å². The van der Waals surface area contributed by atoms with Gasteiger partial charge in [0.1, 0.15) is 5.69 Å². The van der Waals surface area contributed by atoms with Crippen molar-refractivity contribution in [1.29, 1.82) is 0 Å². The first-order valence-corrected chi connectivity index (χ1v) is 15.2. The highest BCUT2D eigenvalue weighted by molar-refractivity contribution is 6.39. The molecule has 44 heavy (non-hydrogen) atoms. The van der Waals surface area contributed by atoms with Crippen molar-refractivity contribution < 1.29 is 9.59 Å². The van der Waals surface area contributed by atoms with Crippen LogP contribution in [0, 0.1) is 0 Å². The maximum atomic E-state index is 13.0. The maximum absolute atomic E-state index is 13.0. The monoisotopic (exact) mass is 633 g/mol. The normalized spacial score (nSPS) is 13.1. The number of aryl methyl sites for hydroxylation is 1. The summed E-state index contributed by atoms with van der Waals surface area (Å²) in [5.41, 5.74) is 3.79. The van der Waals surface area contributed by atoms with Crippen molar-refractivity contribution in [2.75, 3.05) is 36.8 Å². The third kappa shape index (κ3) is 7.82. The minimum Gasteiger partial charge on any atom is -0.355 e. The summed E-state index contributed by atoms with van der Waals surface area (Å²) >= 11 is 12.2. The molecular weight excluding hydrogens is 601 g/mol. The predicted octanol–water partition coefficient (Wildman–Crippen LogP) is 5.70. The largest absolute Gasteiger partial charge is 0.355 e. The SMILES string of the molecule is CCn1nc(-c2cccc(-c3cccc(CC(=O)NCCN4CCCC4)c3)c2)cc(NC(=O)Nc2c(Cl)cncc2Cl)c1=O. The van der Waals surface area contributed by atoms with E-state index in [1.54, 1.807) is 6.92 Å². The van der Waals surface area contributed by atoms with Crippen LogP contribution in [0.5, 0.6) is 0 Å². The van der Waals surface area contributed by atoms with E-state index in [4.69, 9.17) is 23.2 Å². The zero-order valence-corrected chi connectivity index (χ0v) is 25.8. The van der Waals surface area contributed by atoms with Gasteiger partial charge in [-0.05, 0) is 61.7 Å². The van der Waals surface area contributed by atoms with Crippen molar-refractivity contribution >= 4 is 46.5 Å². The van der Waals surface area contributed by atoms with E-state index in [1.807, 2.05) is 48.5 Å². The van der Waals surface area contributed by atoms with Gasteiger partial charge in [-0.15, -0.1) is 0 Å². The molecule has 3 amide bonds. The minimum absolute atomic E-state index is 0.00124. The number of carbonyl (C=O) groups is 2. The number of pyridine rings is 1. The van der Waals surface area contributed by atoms with Gasteiger partial charge < -0.3 is 20.9 Å². The van der Waals surface area contributed by atoms with Gasteiger partial charge in [0.2, 0.25) is 5.91 Å². The first-order chi connectivity index (χ1) is 21.3. The van der Waals surface area contributed by atoms with Gasteiger partial charge in [-0.2, -0.15) is 5.10 Å². The fraction of sp³-hybridized carbons (Fsp3) is 0.281. The Hall–Kier alpha value is -4.25. The first kappa shape index (κ1) is 31.2. The number of likely N-dealkylation sites (tertiary alicyclic amines) is 1. The quantitative estimate of drug-likeness (QED) is 0.206. The van der Waals surface area contributed by atoms with Crippen LogP contribution in [0.4, 0.5) is 16.2 Å². The number of amides is 3. The number of carbonyl (C=O) groups excluding carboxylic acids is 2. The number of anilines is 2. The highest BCUT2D eigenvalue weighted by Crippen LogP contribution is 2.29. The molecule has 10 nitrogen and oxygen atoms in total. The molecule has 1 fully saturated rings. The molecule has 0 unspecified atom stereocenters. The van der Waals surface area contributed by atoms with Gasteiger partial charge >= 0.3 is 6.03 Å². The Morgan fingerprint density at radius 2 is 1.59 bits per heavy atom. The summed E-state index contributed by atoms with van der Waals surface area (Å²) in [6.45, 7) is 5.84. The Morgan fingerprint density at radius 1 is 0.909 bits per heavy atom. The lowest BCUT2D eigenvalue weighted by Crippen LogP contribution is -2.34. The number of benzene rings is 2. The topological polar surface area (TPSA) is 121 Å². The summed E-state index contributed by atoms with van der Waals surface area (Å²) in [7, 11) is 0. The molecule has 0 radical (unpaired) electrons. The number of urea groups is 1. The van der Waals surface area contributed by atoms with E-state index in [9.17, 15) is 14.4 Å². The van der Waals surface area contributed by atoms with Crippen molar-refractivity contribution in [3.05, 3.63) is 93.0 Å². The van der Waals surface area contributed by atoms with Crippen molar-refractivity contribution in [3.8, 4) is 22.4 Å². The van der Waals surface area contributed by atoms with Crippen molar-refractivity contribution in [3.63, 3.8) is 0 Å². The van der Waals surface area contributed by atoms with Crippen LogP contribution < -0.4 is 21.5 Å². The molecule has 3 N–H and O–H groups in total. The van der Waals surface area contributed by atoms with Crippen LogP contribution >= 0.6 is 23.2 Å². The van der Waals surface area contributed by atoms with Crippen LogP contribution in [0.15, 0.2) is 71.8 Å². The van der Waals surface area contributed by atoms with Gasteiger partial charge in [-0.3, -0.25) is 14.6 Å². The summed E-state index contributed by atoms with van der Waals surface area (Å²) in [4.78, 5) is 44.6. The van der Waals surface area contributed by atoms with E-state index in [2.05, 4.69) is 30.9 Å². The summed E-state index contributed by atoms with van der Waals surface area (Å²) in [5.74, 6) is -0.00124. The number of aromatic nitrogens is 3. The number of hydrogen-bond acceptors (Lipinski definition) is 6. The first-order valence-electron chi connectivity index (χ1n) is 14.5. The highest BCUT2D eigenvalue weighted by Gasteiger charge is 2.16. The molecule has 12 heteroatoms. The molecule has 3 heterocycles. The van der Waals surface area contributed by atoms with Crippen LogP contribution in [0.2, 0.25) is 10.0 Å². The van der Waals surface area contributed by atoms with Crippen LogP contribution in [0.1, 0.15) is 25.3 Å². The molecule has 0 saturated carbocycles. The van der Waals surface area contributed by atoms with Crippen molar-refractivity contribution in [2.45, 2.75) is 32.7 Å². The zero-order valence-electron chi connectivity index (χ0n) is 24.3. The predicted molar refractivity (Wildman–Crippen MR) is 174 cm³/mol. The molecule has 1 aliphatic rings. The molecule has 0 bridgehead atoms. The molecule has 4 aromatic rings. The van der Waals surface area contributed by atoms with Gasteiger partial charge in [0, 0.05) is 37.6 Å². The second-order valence-electron chi connectivity index (χ2n) is 10.5. The van der Waals surface area contributed by atoms with E-state index in [0.29, 0.717) is 25.2 Å². The second-order valence-corrected chi connectivity index (χ2v) is 11.3. The number of nitrogens with one attached hydrogen (secondary N) is 3. The molecule has 228 valence electrons. The van der Waals surface area contributed by atoms with Crippen molar-refractivity contribution in [1.82, 2.24) is 25.0 Å². The molecule has 5 rings (SSSR count).